The molecule has 4 rings (SSSR count). The minimum absolute atomic E-state index is 0.0202. The van der Waals surface area contributed by atoms with Crippen LogP contribution in [-0.4, -0.2) is 51.6 Å². The molecule has 0 saturated carbocycles. The molecule has 0 bridgehead atoms. The van der Waals surface area contributed by atoms with Crippen molar-refractivity contribution in [3.05, 3.63) is 59.7 Å². The van der Waals surface area contributed by atoms with Crippen LogP contribution in [0, 0.1) is 6.92 Å². The van der Waals surface area contributed by atoms with E-state index in [0.29, 0.717) is 10.6 Å². The number of thiophene rings is 1. The number of nitrogens with zero attached hydrogens (tertiary/aromatic N) is 2. The topological polar surface area (TPSA) is 53.0 Å². The largest absolute Gasteiger partial charge is 0.573 e. The van der Waals surface area contributed by atoms with Crippen molar-refractivity contribution in [1.29, 1.82) is 0 Å². The molecule has 1 aliphatic rings. The summed E-state index contributed by atoms with van der Waals surface area (Å²) >= 11 is -1.08. The normalized spacial score (nSPS) is 18.0. The van der Waals surface area contributed by atoms with Gasteiger partial charge in [-0.25, -0.2) is 13.0 Å². The van der Waals surface area contributed by atoms with Gasteiger partial charge in [0.2, 0.25) is 0 Å². The summed E-state index contributed by atoms with van der Waals surface area (Å²) in [6, 6.07) is 12.2. The smallest absolute Gasteiger partial charge is 0.406 e. The van der Waals surface area contributed by atoms with E-state index in [0.717, 1.165) is 27.8 Å². The van der Waals surface area contributed by atoms with Crippen LogP contribution in [0.4, 0.5) is 27.0 Å². The fraction of sp³-hybridized carbons (Fsp3) is 0.391. The lowest BCUT2D eigenvalue weighted by molar-refractivity contribution is -0.274. The third kappa shape index (κ3) is 6.29. The lowest BCUT2D eigenvalue weighted by Crippen LogP contribution is -2.45. The van der Waals surface area contributed by atoms with Crippen molar-refractivity contribution in [1.82, 2.24) is 4.90 Å². The van der Waals surface area contributed by atoms with Crippen molar-refractivity contribution in [3.63, 3.8) is 0 Å². The van der Waals surface area contributed by atoms with Crippen molar-refractivity contribution >= 4 is 37.7 Å². The summed E-state index contributed by atoms with van der Waals surface area (Å²) in [5.74, 6) is -3.26. The molecule has 0 spiro atoms. The monoisotopic (exact) mass is 534 g/mol. The molecule has 1 aliphatic heterocycles. The van der Waals surface area contributed by atoms with Gasteiger partial charge in [-0.1, -0.05) is 30.3 Å². The number of fused-ring (bicyclic) bond motifs is 1. The Balaban J connectivity index is 1.61. The molecule has 2 atom stereocenters. The van der Waals surface area contributed by atoms with E-state index in [9.17, 15) is 30.7 Å². The Morgan fingerprint density at radius 2 is 1.89 bits per heavy atom. The summed E-state index contributed by atoms with van der Waals surface area (Å²) in [6.45, 7) is 1.43. The number of halogens is 5. The highest BCUT2D eigenvalue weighted by atomic mass is 32.2. The molecule has 1 aromatic heterocycles. The van der Waals surface area contributed by atoms with E-state index in [1.165, 1.54) is 27.8 Å². The van der Waals surface area contributed by atoms with Gasteiger partial charge in [0.15, 0.2) is 0 Å². The molecule has 2 heterocycles. The van der Waals surface area contributed by atoms with E-state index in [2.05, 4.69) is 4.74 Å². The average molecular weight is 535 g/mol. The van der Waals surface area contributed by atoms with E-state index in [1.54, 1.807) is 4.90 Å². The summed E-state index contributed by atoms with van der Waals surface area (Å²) in [5, 5.41) is 1.50. The molecule has 190 valence electrons. The second-order valence-electron chi connectivity index (χ2n) is 8.45. The number of hydrogen-bond acceptors (Lipinski definition) is 4. The molecule has 0 aliphatic carbocycles. The van der Waals surface area contributed by atoms with Gasteiger partial charge in [-0.3, -0.25) is 13.8 Å². The minimum atomic E-state index is -4.82. The maximum atomic E-state index is 14.0. The number of alkyl halides is 5. The lowest BCUT2D eigenvalue weighted by atomic mass is 10.0. The summed E-state index contributed by atoms with van der Waals surface area (Å²) in [6.07, 6.45) is -4.95. The number of hydrogen-bond donors (Lipinski definition) is 1. The van der Waals surface area contributed by atoms with E-state index >= 15 is 0 Å². The zero-order valence-electron chi connectivity index (χ0n) is 18.6. The summed E-state index contributed by atoms with van der Waals surface area (Å²) < 4.78 is 94.1. The minimum Gasteiger partial charge on any atom is -0.406 e. The second-order valence-corrected chi connectivity index (χ2v) is 10.4. The molecule has 12 heteroatoms. The maximum absolute atomic E-state index is 14.0. The molecule has 5 nitrogen and oxygen atoms in total. The predicted molar refractivity (Wildman–Crippen MR) is 126 cm³/mol. The Kier molecular flexibility index (Phi) is 7.37. The molecule has 0 amide bonds. The Bertz CT molecular complexity index is 1200. The van der Waals surface area contributed by atoms with Gasteiger partial charge in [-0.05, 0) is 48.1 Å². The van der Waals surface area contributed by atoms with E-state index < -0.39 is 36.1 Å². The van der Waals surface area contributed by atoms with Crippen molar-refractivity contribution in [3.8, 4) is 5.75 Å². The quantitative estimate of drug-likeness (QED) is 0.284. The third-order valence-corrected chi connectivity index (χ3v) is 8.07. The van der Waals surface area contributed by atoms with Crippen LogP contribution in [0.2, 0.25) is 0 Å². The Morgan fingerprint density at radius 1 is 1.20 bits per heavy atom. The first-order chi connectivity index (χ1) is 16.4. The maximum Gasteiger partial charge on any atom is 0.573 e. The number of benzene rings is 2. The van der Waals surface area contributed by atoms with Crippen molar-refractivity contribution < 1.29 is 35.5 Å². The number of likely N-dealkylation sites (tertiary alicyclic amines) is 1. The zero-order chi connectivity index (χ0) is 25.4. The molecule has 2 unspecified atom stereocenters. The molecule has 0 radical (unpaired) electrons. The van der Waals surface area contributed by atoms with Gasteiger partial charge in [-0.15, -0.1) is 24.5 Å². The lowest BCUT2D eigenvalue weighted by Gasteiger charge is -2.32. The number of anilines is 1. The van der Waals surface area contributed by atoms with Gasteiger partial charge >= 0.3 is 6.36 Å². The van der Waals surface area contributed by atoms with Crippen LogP contribution in [0.5, 0.6) is 5.75 Å². The second kappa shape index (κ2) is 10.00. The highest BCUT2D eigenvalue weighted by Crippen LogP contribution is 2.39. The fourth-order valence-electron chi connectivity index (χ4n) is 4.29. The zero-order valence-corrected chi connectivity index (χ0v) is 20.2. The number of ether oxygens (including phenoxy) is 1. The predicted octanol–water partition coefficient (Wildman–Crippen LogP) is 6.00. The van der Waals surface area contributed by atoms with Crippen LogP contribution >= 0.6 is 11.3 Å². The number of aryl methyl sites for hydroxylation is 1. The van der Waals surface area contributed by atoms with Crippen molar-refractivity contribution in [2.24, 2.45) is 0 Å². The van der Waals surface area contributed by atoms with Crippen LogP contribution in [0.15, 0.2) is 48.5 Å². The summed E-state index contributed by atoms with van der Waals surface area (Å²) in [5.41, 5.74) is 1.41. The first kappa shape index (κ1) is 25.8. The van der Waals surface area contributed by atoms with Crippen LogP contribution in [0.25, 0.3) is 10.1 Å². The molecular formula is C23H23F5N2O3S2. The molecule has 1 saturated heterocycles. The highest BCUT2D eigenvalue weighted by molar-refractivity contribution is 7.81. The molecule has 3 aromatic rings. The number of rotatable bonds is 8. The van der Waals surface area contributed by atoms with Gasteiger partial charge in [0.25, 0.3) is 17.2 Å². The summed E-state index contributed by atoms with van der Waals surface area (Å²) in [4.78, 5) is 1.57. The SMILES string of the molecule is Cc1c(N(CC(Cc2ccc(OC(F)(F)F)cc2)N2CCC(F)(F)C2)S(=O)O)sc2ccccc12. The van der Waals surface area contributed by atoms with E-state index in [4.69, 9.17) is 0 Å². The molecular weight excluding hydrogens is 511 g/mol. The average Bonchev–Trinajstić information content (AvgIpc) is 3.30. The van der Waals surface area contributed by atoms with Crippen molar-refractivity contribution in [2.45, 2.75) is 38.1 Å². The van der Waals surface area contributed by atoms with Crippen LogP contribution < -0.4 is 9.04 Å². The van der Waals surface area contributed by atoms with Gasteiger partial charge in [-0.2, -0.15) is 0 Å². The molecule has 1 N–H and O–H groups in total. The standard InChI is InChI=1S/C23H23F5N2O3S2/c1-15-19-4-2-3-5-20(19)34-21(15)30(35(31)32)13-17(29-11-10-22(24,25)14-29)12-16-6-8-18(9-7-16)33-23(26,27)28/h2-9,17H,10-14H2,1H3,(H,31,32). The first-order valence-corrected chi connectivity index (χ1v) is 12.6. The van der Waals surface area contributed by atoms with Gasteiger partial charge in [0, 0.05) is 23.7 Å². The van der Waals surface area contributed by atoms with E-state index in [1.807, 2.05) is 31.2 Å². The van der Waals surface area contributed by atoms with Gasteiger partial charge in [0.05, 0.1) is 13.1 Å². The third-order valence-electron chi connectivity index (χ3n) is 5.95. The van der Waals surface area contributed by atoms with Gasteiger partial charge < -0.3 is 4.74 Å². The van der Waals surface area contributed by atoms with Crippen LogP contribution in [0.3, 0.4) is 0 Å². The van der Waals surface area contributed by atoms with E-state index in [-0.39, 0.29) is 31.7 Å². The Hall–Kier alpha value is -2.28. The highest BCUT2D eigenvalue weighted by Gasteiger charge is 2.41. The molecule has 35 heavy (non-hydrogen) atoms. The van der Waals surface area contributed by atoms with Gasteiger partial charge in [0.1, 0.15) is 10.8 Å². The van der Waals surface area contributed by atoms with Crippen LogP contribution in [-0.2, 0) is 17.7 Å². The first-order valence-electron chi connectivity index (χ1n) is 10.7. The Morgan fingerprint density at radius 3 is 2.46 bits per heavy atom. The fourth-order valence-corrected chi connectivity index (χ4v) is 6.30. The molecule has 1 fully saturated rings. The Labute approximate surface area is 205 Å². The molecule has 2 aromatic carbocycles. The summed E-state index contributed by atoms with van der Waals surface area (Å²) in [7, 11) is 0. The van der Waals surface area contributed by atoms with Crippen molar-refractivity contribution in [2.75, 3.05) is 23.9 Å². The van der Waals surface area contributed by atoms with Crippen LogP contribution in [0.1, 0.15) is 17.5 Å².